The molecule has 1 aliphatic carbocycles. The lowest BCUT2D eigenvalue weighted by molar-refractivity contribution is 0.0905. The minimum absolute atomic E-state index is 0.975. The Morgan fingerprint density at radius 3 is 2.77 bits per heavy atom. The van der Waals surface area contributed by atoms with E-state index < -0.39 is 0 Å². The fraction of sp³-hybridized carbons (Fsp3) is 1.00. The average Bonchev–Trinajstić information content (AvgIpc) is 3.00. The summed E-state index contributed by atoms with van der Waals surface area (Å²) in [6, 6.07) is 0.989. The first-order valence-corrected chi connectivity index (χ1v) is 5.88. The van der Waals surface area contributed by atoms with Crippen LogP contribution in [0.15, 0.2) is 0 Å². The minimum Gasteiger partial charge on any atom is -0.316 e. The fourth-order valence-corrected chi connectivity index (χ4v) is 3.07. The van der Waals surface area contributed by atoms with E-state index in [1.807, 2.05) is 0 Å². The lowest BCUT2D eigenvalue weighted by atomic mass is 9.81. The van der Waals surface area contributed by atoms with Crippen LogP contribution in [0, 0.1) is 11.8 Å². The molecule has 2 heterocycles. The van der Waals surface area contributed by atoms with E-state index >= 15 is 0 Å². The van der Waals surface area contributed by atoms with Crippen LogP contribution < -0.4 is 5.32 Å². The van der Waals surface area contributed by atoms with Crippen molar-refractivity contribution < 1.29 is 0 Å². The third-order valence-electron chi connectivity index (χ3n) is 4.08. The van der Waals surface area contributed by atoms with Crippen LogP contribution >= 0.6 is 0 Å². The van der Waals surface area contributed by atoms with Crippen molar-refractivity contribution >= 4 is 0 Å². The van der Waals surface area contributed by atoms with Crippen LogP contribution in [-0.2, 0) is 0 Å². The zero-order valence-electron chi connectivity index (χ0n) is 8.34. The van der Waals surface area contributed by atoms with Crippen LogP contribution in [-0.4, -0.2) is 37.1 Å². The van der Waals surface area contributed by atoms with Gasteiger partial charge in [0.15, 0.2) is 0 Å². The van der Waals surface area contributed by atoms with E-state index in [0.717, 1.165) is 17.9 Å². The Labute approximate surface area is 80.7 Å². The van der Waals surface area contributed by atoms with Crippen molar-refractivity contribution in [2.75, 3.05) is 26.2 Å². The largest absolute Gasteiger partial charge is 0.316 e. The maximum Gasteiger partial charge on any atom is 0.00965 e. The quantitative estimate of drug-likeness (QED) is 0.649. The molecular formula is C11H20N2. The van der Waals surface area contributed by atoms with Gasteiger partial charge in [0.25, 0.3) is 0 Å². The van der Waals surface area contributed by atoms with Crippen LogP contribution in [0.1, 0.15) is 25.7 Å². The Bertz CT molecular complexity index is 189. The van der Waals surface area contributed by atoms with Gasteiger partial charge < -0.3 is 10.2 Å². The predicted octanol–water partition coefficient (Wildman–Crippen LogP) is 1.08. The Kier molecular flexibility index (Phi) is 2.06. The summed E-state index contributed by atoms with van der Waals surface area (Å²) < 4.78 is 0. The molecule has 0 spiro atoms. The van der Waals surface area contributed by atoms with E-state index in [0.29, 0.717) is 0 Å². The predicted molar refractivity (Wildman–Crippen MR) is 53.7 cm³/mol. The van der Waals surface area contributed by atoms with Crippen molar-refractivity contribution in [3.63, 3.8) is 0 Å². The molecule has 3 fully saturated rings. The van der Waals surface area contributed by atoms with E-state index in [-0.39, 0.29) is 0 Å². The summed E-state index contributed by atoms with van der Waals surface area (Å²) in [7, 11) is 0. The molecule has 1 N–H and O–H groups in total. The number of nitrogens with zero attached hydrogens (tertiary/aromatic N) is 1. The normalized spacial score (nSPS) is 41.5. The maximum absolute atomic E-state index is 3.54. The van der Waals surface area contributed by atoms with Crippen molar-refractivity contribution in [1.29, 1.82) is 0 Å². The molecule has 2 nitrogen and oxygen atoms in total. The van der Waals surface area contributed by atoms with Gasteiger partial charge in [-0.1, -0.05) is 0 Å². The molecule has 3 aliphatic rings. The molecule has 1 saturated carbocycles. The second kappa shape index (κ2) is 3.25. The summed E-state index contributed by atoms with van der Waals surface area (Å²) in [6.07, 6.45) is 5.86. The van der Waals surface area contributed by atoms with E-state index in [2.05, 4.69) is 10.2 Å². The molecule has 2 unspecified atom stereocenters. The molecule has 74 valence electrons. The number of likely N-dealkylation sites (tertiary alicyclic amines) is 1. The van der Waals surface area contributed by atoms with Gasteiger partial charge >= 0.3 is 0 Å². The van der Waals surface area contributed by atoms with Crippen molar-refractivity contribution in [2.45, 2.75) is 31.7 Å². The van der Waals surface area contributed by atoms with Crippen LogP contribution in [0.4, 0.5) is 0 Å². The van der Waals surface area contributed by atoms with E-state index in [9.17, 15) is 0 Å². The summed E-state index contributed by atoms with van der Waals surface area (Å²) in [6.45, 7) is 5.34. The Morgan fingerprint density at radius 1 is 1.00 bits per heavy atom. The molecule has 3 rings (SSSR count). The monoisotopic (exact) mass is 180 g/mol. The molecule has 0 aromatic rings. The Hall–Kier alpha value is -0.0800. The first kappa shape index (κ1) is 8.25. The zero-order valence-corrected chi connectivity index (χ0v) is 8.34. The van der Waals surface area contributed by atoms with E-state index in [1.165, 1.54) is 51.9 Å². The van der Waals surface area contributed by atoms with E-state index in [4.69, 9.17) is 0 Å². The van der Waals surface area contributed by atoms with Gasteiger partial charge in [-0.25, -0.2) is 0 Å². The van der Waals surface area contributed by atoms with Gasteiger partial charge in [-0.15, -0.1) is 0 Å². The van der Waals surface area contributed by atoms with E-state index in [1.54, 1.807) is 0 Å². The average molecular weight is 180 g/mol. The summed E-state index contributed by atoms with van der Waals surface area (Å²) >= 11 is 0. The second-order valence-corrected chi connectivity index (χ2v) is 5.03. The topological polar surface area (TPSA) is 15.3 Å². The van der Waals surface area contributed by atoms with Crippen molar-refractivity contribution in [3.05, 3.63) is 0 Å². The molecule has 2 atom stereocenters. The van der Waals surface area contributed by atoms with Crippen LogP contribution in [0.3, 0.4) is 0 Å². The molecule has 0 radical (unpaired) electrons. The van der Waals surface area contributed by atoms with Crippen molar-refractivity contribution in [2.24, 2.45) is 11.8 Å². The number of nitrogens with one attached hydrogen (secondary N) is 1. The molecule has 0 amide bonds. The molecule has 13 heavy (non-hydrogen) atoms. The zero-order chi connectivity index (χ0) is 8.67. The molecule has 0 bridgehead atoms. The van der Waals surface area contributed by atoms with Gasteiger partial charge in [0.05, 0.1) is 0 Å². The summed E-state index contributed by atoms with van der Waals surface area (Å²) in [5.74, 6) is 2.03. The summed E-state index contributed by atoms with van der Waals surface area (Å²) in [5, 5.41) is 3.54. The van der Waals surface area contributed by atoms with Gasteiger partial charge in [-0.2, -0.15) is 0 Å². The number of fused-ring (bicyclic) bond motifs is 1. The molecule has 2 saturated heterocycles. The highest BCUT2D eigenvalue weighted by atomic mass is 15.2. The van der Waals surface area contributed by atoms with Crippen LogP contribution in [0.2, 0.25) is 0 Å². The maximum atomic E-state index is 3.54. The highest BCUT2D eigenvalue weighted by Crippen LogP contribution is 2.35. The first-order chi connectivity index (χ1) is 6.43. The highest BCUT2D eigenvalue weighted by Gasteiger charge is 2.37. The highest BCUT2D eigenvalue weighted by molar-refractivity contribution is 4.92. The number of hydrogen-bond acceptors (Lipinski definition) is 2. The first-order valence-electron chi connectivity index (χ1n) is 5.88. The Morgan fingerprint density at radius 2 is 1.92 bits per heavy atom. The SMILES string of the molecule is C1CC2CCN(C3CC3)CC2CN1. The second-order valence-electron chi connectivity index (χ2n) is 5.03. The van der Waals surface area contributed by atoms with Crippen molar-refractivity contribution in [3.8, 4) is 0 Å². The lowest BCUT2D eigenvalue weighted by Crippen LogP contribution is -2.48. The Balaban J connectivity index is 1.62. The molecule has 0 aromatic carbocycles. The molecule has 0 aromatic heterocycles. The summed E-state index contributed by atoms with van der Waals surface area (Å²) in [5.41, 5.74) is 0. The standard InChI is InChI=1S/C11H20N2/c1-2-11(1)13-6-4-9-3-5-12-7-10(9)8-13/h9-12H,1-8H2. The number of rotatable bonds is 1. The van der Waals surface area contributed by atoms with Crippen LogP contribution in [0.25, 0.3) is 0 Å². The minimum atomic E-state index is 0.975. The van der Waals surface area contributed by atoms with Gasteiger partial charge in [0.1, 0.15) is 0 Å². The smallest absolute Gasteiger partial charge is 0.00965 e. The summed E-state index contributed by atoms with van der Waals surface area (Å²) in [4.78, 5) is 2.74. The van der Waals surface area contributed by atoms with Crippen LogP contribution in [0.5, 0.6) is 0 Å². The fourth-order valence-electron chi connectivity index (χ4n) is 3.07. The van der Waals surface area contributed by atoms with Gasteiger partial charge in [0.2, 0.25) is 0 Å². The van der Waals surface area contributed by atoms with Gasteiger partial charge in [-0.05, 0) is 57.2 Å². The third-order valence-corrected chi connectivity index (χ3v) is 4.08. The molecular weight excluding hydrogens is 160 g/mol. The molecule has 2 aliphatic heterocycles. The number of hydrogen-bond donors (Lipinski definition) is 1. The molecule has 2 heteroatoms. The van der Waals surface area contributed by atoms with Gasteiger partial charge in [-0.3, -0.25) is 0 Å². The van der Waals surface area contributed by atoms with Crippen molar-refractivity contribution in [1.82, 2.24) is 10.2 Å². The lowest BCUT2D eigenvalue weighted by Gasteiger charge is -2.41. The van der Waals surface area contributed by atoms with Gasteiger partial charge in [0, 0.05) is 12.6 Å². The number of piperidine rings is 2. The third kappa shape index (κ3) is 1.62.